The highest BCUT2D eigenvalue weighted by molar-refractivity contribution is 6.14. The second kappa shape index (κ2) is 6.93. The monoisotopic (exact) mass is 364 g/mol. The van der Waals surface area contributed by atoms with Gasteiger partial charge in [0.2, 0.25) is 12.1 Å². The Labute approximate surface area is 164 Å². The molecule has 2 heterocycles. The van der Waals surface area contributed by atoms with Gasteiger partial charge in [0, 0.05) is 5.56 Å². The Morgan fingerprint density at radius 2 is 1.32 bits per heavy atom. The van der Waals surface area contributed by atoms with Gasteiger partial charge in [-0.05, 0) is 41.8 Å². The van der Waals surface area contributed by atoms with E-state index in [-0.39, 0.29) is 12.3 Å². The first-order valence-electron chi connectivity index (χ1n) is 9.50. The molecule has 3 aromatic carbocycles. The van der Waals surface area contributed by atoms with Crippen LogP contribution in [0.2, 0.25) is 0 Å². The van der Waals surface area contributed by atoms with Crippen molar-refractivity contribution in [1.82, 2.24) is 0 Å². The van der Waals surface area contributed by atoms with Crippen molar-refractivity contribution in [3.05, 3.63) is 113 Å². The van der Waals surface area contributed by atoms with Crippen LogP contribution in [0.5, 0.6) is 0 Å². The van der Waals surface area contributed by atoms with Gasteiger partial charge in [-0.15, -0.1) is 0 Å². The molecule has 0 saturated carbocycles. The Kier molecular flexibility index (Phi) is 4.13. The number of hydrogen-bond donors (Lipinski definition) is 0. The third kappa shape index (κ3) is 3.05. The molecule has 0 aromatic heterocycles. The molecule has 0 fully saturated rings. The van der Waals surface area contributed by atoms with Crippen molar-refractivity contribution in [2.75, 3.05) is 0 Å². The van der Waals surface area contributed by atoms with Crippen LogP contribution in [0.25, 0.3) is 5.57 Å². The van der Waals surface area contributed by atoms with Crippen LogP contribution in [-0.2, 0) is 4.74 Å². The summed E-state index contributed by atoms with van der Waals surface area (Å²) in [6, 6.07) is 28.7. The fourth-order valence-corrected chi connectivity index (χ4v) is 3.62. The Balaban J connectivity index is 1.60. The summed E-state index contributed by atoms with van der Waals surface area (Å²) in [5.74, 6) is 0.659. The molecule has 28 heavy (non-hydrogen) atoms. The number of hydrogen-bond acceptors (Lipinski definition) is 3. The summed E-state index contributed by atoms with van der Waals surface area (Å²) >= 11 is 0. The third-order valence-corrected chi connectivity index (χ3v) is 5.11. The lowest BCUT2D eigenvalue weighted by molar-refractivity contribution is 0.218. The Bertz CT molecular complexity index is 1080. The van der Waals surface area contributed by atoms with Crippen LogP contribution >= 0.6 is 0 Å². The zero-order chi connectivity index (χ0) is 18.9. The quantitative estimate of drug-likeness (QED) is 0.640. The molecule has 0 aliphatic carbocycles. The van der Waals surface area contributed by atoms with E-state index in [2.05, 4.69) is 49.4 Å². The van der Waals surface area contributed by atoms with Gasteiger partial charge in [-0.2, -0.15) is 0 Å². The van der Waals surface area contributed by atoms with Crippen molar-refractivity contribution in [3.63, 3.8) is 0 Å². The molecule has 136 valence electrons. The summed E-state index contributed by atoms with van der Waals surface area (Å²) in [6.07, 6.45) is 1.81. The molecule has 3 aromatic rings. The summed E-state index contributed by atoms with van der Waals surface area (Å²) in [5.41, 5.74) is 6.54. The van der Waals surface area contributed by atoms with Crippen LogP contribution in [0.1, 0.15) is 22.3 Å². The van der Waals surface area contributed by atoms with Crippen LogP contribution in [0.15, 0.2) is 101 Å². The van der Waals surface area contributed by atoms with Crippen LogP contribution < -0.4 is 0 Å². The lowest BCUT2D eigenvalue weighted by Gasteiger charge is -2.23. The van der Waals surface area contributed by atoms with Crippen LogP contribution in [0.3, 0.4) is 0 Å². The van der Waals surface area contributed by atoms with Crippen molar-refractivity contribution in [1.29, 1.82) is 0 Å². The number of benzene rings is 3. The minimum Gasteiger partial charge on any atom is -0.449 e. The lowest BCUT2D eigenvalue weighted by Crippen LogP contribution is -2.27. The molecule has 3 heteroatoms. The normalized spacial score (nSPS) is 20.5. The first-order valence-corrected chi connectivity index (χ1v) is 9.50. The van der Waals surface area contributed by atoms with E-state index in [1.807, 2.05) is 48.5 Å². The predicted molar refractivity (Wildman–Crippen MR) is 114 cm³/mol. The maximum Gasteiger partial charge on any atom is 0.219 e. The van der Waals surface area contributed by atoms with Gasteiger partial charge in [0.1, 0.15) is 6.04 Å². The Morgan fingerprint density at radius 3 is 2.00 bits per heavy atom. The van der Waals surface area contributed by atoms with Crippen LogP contribution in [0, 0.1) is 6.92 Å². The molecule has 0 N–H and O–H groups in total. The van der Waals surface area contributed by atoms with Crippen molar-refractivity contribution in [2.24, 2.45) is 9.98 Å². The Morgan fingerprint density at radius 1 is 0.679 bits per heavy atom. The molecular weight excluding hydrogens is 344 g/mol. The van der Waals surface area contributed by atoms with Gasteiger partial charge >= 0.3 is 0 Å². The molecule has 0 unspecified atom stereocenters. The first kappa shape index (κ1) is 16.7. The summed E-state index contributed by atoms with van der Waals surface area (Å²) in [5, 5.41) is 0. The summed E-state index contributed by atoms with van der Waals surface area (Å²) in [6.45, 7) is 2.10. The number of fused-ring (bicyclic) bond motifs is 1. The molecule has 3 nitrogen and oxygen atoms in total. The summed E-state index contributed by atoms with van der Waals surface area (Å²) in [7, 11) is 0. The highest BCUT2D eigenvalue weighted by atomic mass is 16.5. The van der Waals surface area contributed by atoms with Gasteiger partial charge in [0.25, 0.3) is 0 Å². The van der Waals surface area contributed by atoms with Gasteiger partial charge in [-0.3, -0.25) is 0 Å². The van der Waals surface area contributed by atoms with Crippen molar-refractivity contribution in [2.45, 2.75) is 19.2 Å². The zero-order valence-electron chi connectivity index (χ0n) is 15.6. The molecular formula is C25H20N2O. The van der Waals surface area contributed by atoms with Crippen LogP contribution in [-0.4, -0.2) is 23.9 Å². The zero-order valence-corrected chi connectivity index (χ0v) is 15.6. The third-order valence-electron chi connectivity index (χ3n) is 5.11. The molecule has 2 aliphatic rings. The second-order valence-electron chi connectivity index (χ2n) is 7.10. The van der Waals surface area contributed by atoms with Gasteiger partial charge in [-0.25, -0.2) is 9.98 Å². The largest absolute Gasteiger partial charge is 0.449 e. The van der Waals surface area contributed by atoms with Crippen LogP contribution in [0.4, 0.5) is 0 Å². The highest BCUT2D eigenvalue weighted by Gasteiger charge is 2.37. The molecule has 0 amide bonds. The fourth-order valence-electron chi connectivity index (χ4n) is 3.62. The maximum absolute atomic E-state index is 6.20. The average molecular weight is 364 g/mol. The smallest absolute Gasteiger partial charge is 0.219 e. The molecule has 0 radical (unpaired) electrons. The van der Waals surface area contributed by atoms with Gasteiger partial charge in [0.15, 0.2) is 0 Å². The number of allylic oxidation sites excluding steroid dienone is 1. The number of aryl methyl sites for hydroxylation is 1. The molecule has 0 saturated heterocycles. The number of rotatable bonds is 3. The molecule has 5 rings (SSSR count). The molecule has 2 aliphatic heterocycles. The van der Waals surface area contributed by atoms with E-state index in [4.69, 9.17) is 14.7 Å². The lowest BCUT2D eigenvalue weighted by atomic mass is 9.92. The standard InChI is InChI=1S/C25H20N2O/c1-17-12-14-18(15-13-17)21-16-22(19-8-4-2-5-9-19)26-25-23(21)27-24(28-25)20-10-6-3-7-11-20/h2-16,23,25H,1H3/t23-,25-/m0/s1. The van der Waals surface area contributed by atoms with E-state index in [0.717, 1.165) is 28.0 Å². The van der Waals surface area contributed by atoms with E-state index in [9.17, 15) is 0 Å². The van der Waals surface area contributed by atoms with Gasteiger partial charge < -0.3 is 4.74 Å². The number of aliphatic imine (C=N–C) groups is 2. The fraction of sp³-hybridized carbons (Fsp3) is 0.120. The van der Waals surface area contributed by atoms with E-state index in [0.29, 0.717) is 5.90 Å². The molecule has 0 spiro atoms. The van der Waals surface area contributed by atoms with Crippen molar-refractivity contribution < 1.29 is 4.74 Å². The SMILES string of the molecule is Cc1ccc(C2=CC(c3ccccc3)=N[C@H]3OC(c4ccccc4)=N[C@@H]23)cc1. The van der Waals surface area contributed by atoms with Gasteiger partial charge in [-0.1, -0.05) is 78.4 Å². The van der Waals surface area contributed by atoms with E-state index in [1.54, 1.807) is 0 Å². The number of dihydropyridines is 1. The summed E-state index contributed by atoms with van der Waals surface area (Å²) < 4.78 is 6.20. The van der Waals surface area contributed by atoms with E-state index in [1.165, 1.54) is 5.56 Å². The molecule has 0 bridgehead atoms. The topological polar surface area (TPSA) is 34.0 Å². The van der Waals surface area contributed by atoms with Crippen molar-refractivity contribution >= 4 is 17.2 Å². The minimum absolute atomic E-state index is 0.134. The van der Waals surface area contributed by atoms with E-state index >= 15 is 0 Å². The first-order chi connectivity index (χ1) is 13.8. The number of nitrogens with zero attached hydrogens (tertiary/aromatic N) is 2. The second-order valence-corrected chi connectivity index (χ2v) is 7.10. The Hall–Kier alpha value is -3.46. The highest BCUT2D eigenvalue weighted by Crippen LogP contribution is 2.34. The minimum atomic E-state index is -0.341. The predicted octanol–water partition coefficient (Wildman–Crippen LogP) is 5.05. The van der Waals surface area contributed by atoms with E-state index < -0.39 is 0 Å². The maximum atomic E-state index is 6.20. The van der Waals surface area contributed by atoms with Gasteiger partial charge in [0.05, 0.1) is 5.71 Å². The summed E-state index contributed by atoms with van der Waals surface area (Å²) in [4.78, 5) is 9.79. The average Bonchev–Trinajstić information content (AvgIpc) is 3.19. The number of ether oxygens (including phenoxy) is 1. The van der Waals surface area contributed by atoms with Crippen molar-refractivity contribution in [3.8, 4) is 0 Å². The molecule has 2 atom stereocenters.